The lowest BCUT2D eigenvalue weighted by molar-refractivity contribution is -0.384. The normalized spacial score (nSPS) is 11.4. The number of hydrogen-bond donors (Lipinski definition) is 2. The number of nitro groups is 1. The van der Waals surface area contributed by atoms with Crippen LogP contribution in [0.2, 0.25) is 0 Å². The summed E-state index contributed by atoms with van der Waals surface area (Å²) < 4.78 is 0. The average Bonchev–Trinajstić information content (AvgIpc) is 2.17. The van der Waals surface area contributed by atoms with E-state index >= 15 is 0 Å². The van der Waals surface area contributed by atoms with Gasteiger partial charge in [0.2, 0.25) is 0 Å². The number of non-ortho nitro benzene ring substituents is 1. The quantitative estimate of drug-likeness (QED) is 0.235. The van der Waals surface area contributed by atoms with Crippen molar-refractivity contribution >= 4 is 17.2 Å². The smallest absolute Gasteiger partial charge is 0.270 e. The van der Waals surface area contributed by atoms with E-state index in [9.17, 15) is 10.1 Å². The summed E-state index contributed by atoms with van der Waals surface area (Å²) in [6, 6.07) is 4.06. The molecule has 0 aromatic heterocycles. The fourth-order valence-electron chi connectivity index (χ4n) is 1.00. The molecule has 14 heavy (non-hydrogen) atoms. The zero-order valence-corrected chi connectivity index (χ0v) is 7.60. The second-order valence-corrected chi connectivity index (χ2v) is 2.64. The van der Waals surface area contributed by atoms with Crippen LogP contribution in [0.15, 0.2) is 23.2 Å². The molecule has 0 fully saturated rings. The van der Waals surface area contributed by atoms with Crippen LogP contribution in [-0.2, 0) is 0 Å². The lowest BCUT2D eigenvalue weighted by Gasteiger charge is -2.03. The predicted octanol–water partition coefficient (Wildman–Crippen LogP) is 0.512. The van der Waals surface area contributed by atoms with Crippen molar-refractivity contribution in [1.82, 2.24) is 0 Å². The molecule has 0 spiro atoms. The van der Waals surface area contributed by atoms with Crippen molar-refractivity contribution in [2.45, 2.75) is 0 Å². The number of nitrogens with zero attached hydrogens (tertiary/aromatic N) is 2. The Labute approximate surface area is 80.4 Å². The number of nitrogens with two attached hydrogens (primary N) is 2. The van der Waals surface area contributed by atoms with E-state index < -0.39 is 4.92 Å². The molecule has 1 aromatic rings. The first kappa shape index (κ1) is 9.97. The Hall–Kier alpha value is -2.11. The molecule has 0 saturated heterocycles. The summed E-state index contributed by atoms with van der Waals surface area (Å²) in [5.74, 6) is 0.186. The molecule has 0 atom stereocenters. The summed E-state index contributed by atoms with van der Waals surface area (Å²) in [5.41, 5.74) is 11.8. The zero-order valence-electron chi connectivity index (χ0n) is 7.60. The number of benzene rings is 1. The molecule has 1 rings (SSSR count). The molecule has 0 radical (unpaired) electrons. The second kappa shape index (κ2) is 3.73. The minimum absolute atomic E-state index is 0.0548. The molecule has 0 unspecified atom stereocenters. The van der Waals surface area contributed by atoms with Gasteiger partial charge in [-0.25, -0.2) is 0 Å². The topological polar surface area (TPSA) is 108 Å². The van der Waals surface area contributed by atoms with Crippen LogP contribution in [0.5, 0.6) is 0 Å². The van der Waals surface area contributed by atoms with Gasteiger partial charge in [0, 0.05) is 30.4 Å². The van der Waals surface area contributed by atoms with Gasteiger partial charge >= 0.3 is 0 Å². The van der Waals surface area contributed by atoms with E-state index in [0.717, 1.165) is 0 Å². The molecule has 6 nitrogen and oxygen atoms in total. The second-order valence-electron chi connectivity index (χ2n) is 2.64. The molecule has 0 aliphatic carbocycles. The highest BCUT2D eigenvalue weighted by Gasteiger charge is 2.10. The number of hydrogen-bond acceptors (Lipinski definition) is 4. The van der Waals surface area contributed by atoms with Crippen LogP contribution in [0.25, 0.3) is 0 Å². The van der Waals surface area contributed by atoms with E-state index in [1.807, 2.05) is 0 Å². The van der Waals surface area contributed by atoms with E-state index in [2.05, 4.69) is 4.99 Å². The van der Waals surface area contributed by atoms with Gasteiger partial charge in [-0.2, -0.15) is 0 Å². The van der Waals surface area contributed by atoms with Gasteiger partial charge in [-0.15, -0.1) is 0 Å². The molecular weight excluding hydrogens is 184 g/mol. The Bertz CT molecular complexity index is 400. The third kappa shape index (κ3) is 1.79. The van der Waals surface area contributed by atoms with Crippen molar-refractivity contribution in [1.29, 1.82) is 0 Å². The largest absolute Gasteiger partial charge is 0.398 e. The summed E-state index contributed by atoms with van der Waals surface area (Å²) in [6.07, 6.45) is 0. The zero-order chi connectivity index (χ0) is 10.7. The third-order valence-corrected chi connectivity index (χ3v) is 1.76. The Morgan fingerprint density at radius 2 is 2.21 bits per heavy atom. The Morgan fingerprint density at radius 1 is 1.57 bits per heavy atom. The number of amidine groups is 1. The first-order valence-electron chi connectivity index (χ1n) is 3.82. The van der Waals surface area contributed by atoms with Crippen molar-refractivity contribution in [3.63, 3.8) is 0 Å². The van der Waals surface area contributed by atoms with E-state index in [1.165, 1.54) is 25.2 Å². The van der Waals surface area contributed by atoms with Gasteiger partial charge in [-0.3, -0.25) is 15.1 Å². The van der Waals surface area contributed by atoms with Gasteiger partial charge in [0.1, 0.15) is 5.84 Å². The summed E-state index contributed by atoms with van der Waals surface area (Å²) in [7, 11) is 1.49. The highest BCUT2D eigenvalue weighted by Crippen LogP contribution is 2.19. The van der Waals surface area contributed by atoms with Gasteiger partial charge in [0.15, 0.2) is 0 Å². The van der Waals surface area contributed by atoms with Crippen LogP contribution in [0.4, 0.5) is 11.4 Å². The minimum atomic E-state index is -0.508. The van der Waals surface area contributed by atoms with E-state index in [0.29, 0.717) is 11.3 Å². The highest BCUT2D eigenvalue weighted by atomic mass is 16.6. The SMILES string of the molecule is CN=C(N)c1cc([N+](=O)[O-])ccc1N. The number of rotatable bonds is 2. The molecule has 4 N–H and O–H groups in total. The number of nitro benzene ring substituents is 1. The van der Waals surface area contributed by atoms with E-state index in [-0.39, 0.29) is 11.5 Å². The summed E-state index contributed by atoms with van der Waals surface area (Å²) in [5, 5.41) is 10.5. The maximum Gasteiger partial charge on any atom is 0.270 e. The Kier molecular flexibility index (Phi) is 2.66. The highest BCUT2D eigenvalue weighted by molar-refractivity contribution is 6.02. The van der Waals surface area contributed by atoms with Gasteiger partial charge in [0.05, 0.1) is 4.92 Å². The van der Waals surface area contributed by atoms with E-state index in [4.69, 9.17) is 11.5 Å². The van der Waals surface area contributed by atoms with Crippen molar-refractivity contribution in [3.8, 4) is 0 Å². The Morgan fingerprint density at radius 3 is 2.71 bits per heavy atom. The van der Waals surface area contributed by atoms with Gasteiger partial charge in [-0.1, -0.05) is 0 Å². The van der Waals surface area contributed by atoms with Crippen LogP contribution in [0.1, 0.15) is 5.56 Å². The summed E-state index contributed by atoms with van der Waals surface area (Å²) in [6.45, 7) is 0. The number of nitrogen functional groups attached to an aromatic ring is 1. The molecule has 0 saturated carbocycles. The minimum Gasteiger partial charge on any atom is -0.398 e. The fraction of sp³-hybridized carbons (Fsp3) is 0.125. The van der Waals surface area contributed by atoms with Crippen LogP contribution in [-0.4, -0.2) is 17.8 Å². The van der Waals surface area contributed by atoms with Gasteiger partial charge < -0.3 is 11.5 Å². The monoisotopic (exact) mass is 194 g/mol. The average molecular weight is 194 g/mol. The van der Waals surface area contributed by atoms with Crippen LogP contribution < -0.4 is 11.5 Å². The lowest BCUT2D eigenvalue weighted by Crippen LogP contribution is -2.15. The molecule has 6 heteroatoms. The molecular formula is C8H10N4O2. The van der Waals surface area contributed by atoms with Crippen molar-refractivity contribution in [3.05, 3.63) is 33.9 Å². The number of anilines is 1. The van der Waals surface area contributed by atoms with Crippen molar-refractivity contribution in [2.75, 3.05) is 12.8 Å². The fourth-order valence-corrected chi connectivity index (χ4v) is 1.00. The molecule has 0 amide bonds. The Balaban J connectivity index is 3.28. The first-order valence-corrected chi connectivity index (χ1v) is 3.82. The maximum atomic E-state index is 10.5. The first-order chi connectivity index (χ1) is 6.56. The van der Waals surface area contributed by atoms with E-state index in [1.54, 1.807) is 0 Å². The van der Waals surface area contributed by atoms with Gasteiger partial charge in [0.25, 0.3) is 5.69 Å². The van der Waals surface area contributed by atoms with Crippen molar-refractivity contribution in [2.24, 2.45) is 10.7 Å². The molecule has 0 aliphatic heterocycles. The van der Waals surface area contributed by atoms with Gasteiger partial charge in [-0.05, 0) is 6.07 Å². The number of aliphatic imine (C=N–C) groups is 1. The molecule has 74 valence electrons. The standard InChI is InChI=1S/C8H10N4O2/c1-11-8(10)6-4-5(12(13)14)2-3-7(6)9/h2-4H,9H2,1H3,(H2,10,11). The molecule has 0 aliphatic rings. The van der Waals surface area contributed by atoms with Crippen molar-refractivity contribution < 1.29 is 4.92 Å². The summed E-state index contributed by atoms with van der Waals surface area (Å²) >= 11 is 0. The predicted molar refractivity (Wildman–Crippen MR) is 54.2 cm³/mol. The summed E-state index contributed by atoms with van der Waals surface area (Å²) in [4.78, 5) is 13.7. The van der Waals surface area contributed by atoms with Crippen LogP contribution >= 0.6 is 0 Å². The van der Waals surface area contributed by atoms with Crippen LogP contribution in [0.3, 0.4) is 0 Å². The molecule has 0 heterocycles. The third-order valence-electron chi connectivity index (χ3n) is 1.76. The lowest BCUT2D eigenvalue weighted by atomic mass is 10.1. The van der Waals surface area contributed by atoms with Crippen LogP contribution in [0, 0.1) is 10.1 Å². The maximum absolute atomic E-state index is 10.5. The molecule has 1 aromatic carbocycles. The molecule has 0 bridgehead atoms.